The van der Waals surface area contributed by atoms with Crippen LogP contribution >= 0.6 is 0 Å². The number of ketones is 1. The zero-order valence-electron chi connectivity index (χ0n) is 22.7. The molecule has 8 nitrogen and oxygen atoms in total. The van der Waals surface area contributed by atoms with Crippen LogP contribution < -0.4 is 15.4 Å². The third-order valence-electron chi connectivity index (χ3n) is 7.64. The van der Waals surface area contributed by atoms with E-state index in [1.54, 1.807) is 17.0 Å². The first-order valence-electron chi connectivity index (χ1n) is 13.2. The van der Waals surface area contributed by atoms with Crippen molar-refractivity contribution in [2.24, 2.45) is 5.73 Å². The molecule has 5 rings (SSSR count). The number of carbonyl (C=O) groups is 1. The van der Waals surface area contributed by atoms with E-state index in [0.29, 0.717) is 42.8 Å². The number of rotatable bonds is 6. The number of nitriles is 1. The lowest BCUT2D eigenvalue weighted by atomic mass is 9.73. The molecule has 0 bridgehead atoms. The zero-order valence-corrected chi connectivity index (χ0v) is 22.7. The van der Waals surface area contributed by atoms with Crippen molar-refractivity contribution in [3.63, 3.8) is 0 Å². The first-order valence-corrected chi connectivity index (χ1v) is 13.2. The molecule has 8 heteroatoms. The van der Waals surface area contributed by atoms with Gasteiger partial charge in [0.05, 0.1) is 28.2 Å². The van der Waals surface area contributed by atoms with Crippen LogP contribution in [-0.4, -0.2) is 10.7 Å². The summed E-state index contributed by atoms with van der Waals surface area (Å²) in [5.41, 5.74) is 13.4. The van der Waals surface area contributed by atoms with E-state index in [-0.39, 0.29) is 22.9 Å². The summed E-state index contributed by atoms with van der Waals surface area (Å²) in [4.78, 5) is 26.2. The molecule has 2 N–H and O–H groups in total. The van der Waals surface area contributed by atoms with Crippen molar-refractivity contribution in [2.45, 2.75) is 52.6 Å². The first kappa shape index (κ1) is 26.7. The molecule has 40 heavy (non-hydrogen) atoms. The van der Waals surface area contributed by atoms with Crippen molar-refractivity contribution in [3.05, 3.63) is 121 Å². The van der Waals surface area contributed by atoms with Crippen LogP contribution in [0.5, 0.6) is 5.75 Å². The number of carbonyl (C=O) groups excluding carboxylic acids is 1. The number of hydrogen-bond acceptors (Lipinski definition) is 7. The Morgan fingerprint density at radius 3 is 2.52 bits per heavy atom. The van der Waals surface area contributed by atoms with Crippen LogP contribution in [0.3, 0.4) is 0 Å². The highest BCUT2D eigenvalue weighted by Crippen LogP contribution is 2.47. The number of Topliss-reactive ketones (excluding diaryl/α,β-unsaturated/α-hetero) is 1. The van der Waals surface area contributed by atoms with E-state index in [2.05, 4.69) is 12.1 Å². The summed E-state index contributed by atoms with van der Waals surface area (Å²) in [6.45, 7) is 6.31. The summed E-state index contributed by atoms with van der Waals surface area (Å²) in [6.07, 6.45) is 1.56. The van der Waals surface area contributed by atoms with E-state index < -0.39 is 10.8 Å². The Bertz CT molecular complexity index is 1630. The Morgan fingerprint density at radius 2 is 1.82 bits per heavy atom. The Hall–Kier alpha value is -4.90. The number of allylic oxidation sites excluding steroid dienone is 3. The third kappa shape index (κ3) is 4.82. The van der Waals surface area contributed by atoms with Crippen molar-refractivity contribution in [2.75, 3.05) is 4.90 Å². The number of benzene rings is 3. The number of nitrogens with zero attached hydrogens (tertiary/aromatic N) is 3. The van der Waals surface area contributed by atoms with E-state index in [0.717, 1.165) is 33.6 Å². The minimum atomic E-state index is -0.638. The number of nitrogens with two attached hydrogens (primary N) is 1. The maximum atomic E-state index is 13.6. The molecule has 0 amide bonds. The molecular formula is C32H30N4O4. The van der Waals surface area contributed by atoms with Crippen LogP contribution in [0.1, 0.15) is 53.0 Å². The minimum Gasteiger partial charge on any atom is -0.489 e. The number of aryl methyl sites for hydroxylation is 2. The number of nitro benzene ring substituents is 1. The molecule has 1 atom stereocenters. The monoisotopic (exact) mass is 534 g/mol. The average Bonchev–Trinajstić information content (AvgIpc) is 2.93. The fraction of sp³-hybridized carbons (Fsp3) is 0.250. The maximum Gasteiger partial charge on any atom is 0.271 e. The quantitative estimate of drug-likeness (QED) is 0.287. The third-order valence-corrected chi connectivity index (χ3v) is 7.64. The van der Waals surface area contributed by atoms with Crippen LogP contribution in [0.25, 0.3) is 0 Å². The second-order valence-electron chi connectivity index (χ2n) is 10.3. The number of nitro groups is 1. The van der Waals surface area contributed by atoms with Crippen LogP contribution in [-0.2, 0) is 11.4 Å². The molecule has 3 aromatic carbocycles. The standard InChI is InChI=1S/C32H30N4O4/c1-19-10-12-25(13-11-19)40-18-22-14-20(2)15-26(21(22)3)30-27(17-33)32(34)35(28-8-5-9-29(37)31(28)30)23-6-4-7-24(16-23)36(38)39/h4,6-7,10-16,30H,5,8-9,18,34H2,1-3H3. The zero-order chi connectivity index (χ0) is 28.6. The Labute approximate surface area is 233 Å². The molecule has 1 aliphatic heterocycles. The van der Waals surface area contributed by atoms with Crippen molar-refractivity contribution in [1.29, 1.82) is 5.26 Å². The van der Waals surface area contributed by atoms with Gasteiger partial charge in [0.25, 0.3) is 5.69 Å². The number of non-ortho nitro benzene ring substituents is 1. The molecule has 3 aromatic rings. The van der Waals surface area contributed by atoms with Gasteiger partial charge in [-0.25, -0.2) is 0 Å². The number of hydrogen-bond donors (Lipinski definition) is 1. The molecule has 1 aliphatic carbocycles. The average molecular weight is 535 g/mol. The van der Waals surface area contributed by atoms with Gasteiger partial charge in [-0.15, -0.1) is 0 Å². The second kappa shape index (κ2) is 10.7. The normalized spacial score (nSPS) is 17.0. The van der Waals surface area contributed by atoms with Crippen LogP contribution in [0.15, 0.2) is 83.3 Å². The maximum absolute atomic E-state index is 13.6. The largest absolute Gasteiger partial charge is 0.489 e. The fourth-order valence-electron chi connectivity index (χ4n) is 5.65. The molecule has 0 radical (unpaired) electrons. The van der Waals surface area contributed by atoms with E-state index >= 15 is 0 Å². The van der Waals surface area contributed by atoms with Crippen molar-refractivity contribution >= 4 is 17.2 Å². The molecule has 202 valence electrons. The van der Waals surface area contributed by atoms with Gasteiger partial charge in [0, 0.05) is 29.8 Å². The minimum absolute atomic E-state index is 0.0414. The molecule has 1 unspecified atom stereocenters. The lowest BCUT2D eigenvalue weighted by molar-refractivity contribution is -0.384. The summed E-state index contributed by atoms with van der Waals surface area (Å²) in [7, 11) is 0. The molecule has 0 saturated heterocycles. The number of anilines is 1. The summed E-state index contributed by atoms with van der Waals surface area (Å²) < 4.78 is 6.09. The van der Waals surface area contributed by atoms with Gasteiger partial charge in [0.15, 0.2) is 5.78 Å². The van der Waals surface area contributed by atoms with Crippen LogP contribution in [0.2, 0.25) is 0 Å². The van der Waals surface area contributed by atoms with Crippen molar-refractivity contribution < 1.29 is 14.5 Å². The van der Waals surface area contributed by atoms with Gasteiger partial charge in [-0.2, -0.15) is 5.26 Å². The predicted octanol–water partition coefficient (Wildman–Crippen LogP) is 6.40. The Kier molecular flexibility index (Phi) is 7.14. The van der Waals surface area contributed by atoms with Gasteiger partial charge >= 0.3 is 0 Å². The van der Waals surface area contributed by atoms with E-state index in [1.807, 2.05) is 51.1 Å². The highest BCUT2D eigenvalue weighted by Gasteiger charge is 2.41. The molecule has 0 saturated carbocycles. The van der Waals surface area contributed by atoms with Gasteiger partial charge in [-0.05, 0) is 68.5 Å². The van der Waals surface area contributed by atoms with E-state index in [1.165, 1.54) is 12.1 Å². The highest BCUT2D eigenvalue weighted by atomic mass is 16.6. The molecule has 2 aliphatic rings. The van der Waals surface area contributed by atoms with Crippen molar-refractivity contribution in [1.82, 2.24) is 0 Å². The molecule has 1 heterocycles. The van der Waals surface area contributed by atoms with Gasteiger partial charge < -0.3 is 10.5 Å². The summed E-state index contributed by atoms with van der Waals surface area (Å²) >= 11 is 0. The number of ether oxygens (including phenoxy) is 1. The SMILES string of the molecule is Cc1ccc(OCc2cc(C)cc(C3C(C#N)=C(N)N(c4cccc([N+](=O)[O-])c4)C4=C3C(=O)CCC4)c2C)cc1. The first-order chi connectivity index (χ1) is 19.2. The summed E-state index contributed by atoms with van der Waals surface area (Å²) in [5, 5.41) is 21.9. The Balaban J connectivity index is 1.63. The highest BCUT2D eigenvalue weighted by molar-refractivity contribution is 6.01. The van der Waals surface area contributed by atoms with Gasteiger partial charge in [-0.3, -0.25) is 19.8 Å². The second-order valence-corrected chi connectivity index (χ2v) is 10.3. The lowest BCUT2D eigenvalue weighted by Gasteiger charge is -2.40. The van der Waals surface area contributed by atoms with Gasteiger partial charge in [-0.1, -0.05) is 41.5 Å². The fourth-order valence-corrected chi connectivity index (χ4v) is 5.65. The molecule has 0 spiro atoms. The predicted molar refractivity (Wildman–Crippen MR) is 152 cm³/mol. The molecule has 0 fully saturated rings. The van der Waals surface area contributed by atoms with Crippen LogP contribution in [0, 0.1) is 42.2 Å². The van der Waals surface area contributed by atoms with Gasteiger partial charge in [0.2, 0.25) is 0 Å². The smallest absolute Gasteiger partial charge is 0.271 e. The van der Waals surface area contributed by atoms with Crippen LogP contribution in [0.4, 0.5) is 11.4 Å². The molecule has 0 aromatic heterocycles. The summed E-state index contributed by atoms with van der Waals surface area (Å²) in [5.74, 6) is 0.258. The summed E-state index contributed by atoms with van der Waals surface area (Å²) in [6, 6.07) is 20.3. The Morgan fingerprint density at radius 1 is 1.07 bits per heavy atom. The van der Waals surface area contributed by atoms with E-state index in [9.17, 15) is 20.2 Å². The van der Waals surface area contributed by atoms with E-state index in [4.69, 9.17) is 10.5 Å². The van der Waals surface area contributed by atoms with Gasteiger partial charge in [0.1, 0.15) is 18.2 Å². The topological polar surface area (TPSA) is 122 Å². The van der Waals surface area contributed by atoms with Crippen molar-refractivity contribution in [3.8, 4) is 11.8 Å². The lowest BCUT2D eigenvalue weighted by Crippen LogP contribution is -2.39. The molecular weight excluding hydrogens is 504 g/mol.